The first-order valence-electron chi connectivity index (χ1n) is 9.72. The number of likely N-dealkylation sites (tertiary alicyclic amines) is 1. The molecule has 0 aromatic heterocycles. The largest absolute Gasteiger partial charge is 0.333 e. The van der Waals surface area contributed by atoms with Crippen LogP contribution in [0.1, 0.15) is 56.3 Å². The van der Waals surface area contributed by atoms with Gasteiger partial charge in [0.1, 0.15) is 6.54 Å². The number of nitrogens with zero attached hydrogens (tertiary/aromatic N) is 1. The van der Waals surface area contributed by atoms with Gasteiger partial charge in [0, 0.05) is 24.6 Å². The first-order valence-corrected chi connectivity index (χ1v) is 11.2. The maximum absolute atomic E-state index is 12.2. The Labute approximate surface area is 171 Å². The van der Waals surface area contributed by atoms with Crippen LogP contribution < -0.4 is 15.6 Å². The number of benzene rings is 1. The quantitative estimate of drug-likeness (QED) is 0.562. The van der Waals surface area contributed by atoms with E-state index >= 15 is 0 Å². The van der Waals surface area contributed by atoms with Crippen molar-refractivity contribution in [3.63, 3.8) is 0 Å². The van der Waals surface area contributed by atoms with Crippen molar-refractivity contribution >= 4 is 27.7 Å². The van der Waals surface area contributed by atoms with Crippen molar-refractivity contribution in [1.82, 2.24) is 20.5 Å². The van der Waals surface area contributed by atoms with E-state index in [9.17, 15) is 22.8 Å². The number of hydrogen-bond donors (Lipinski definition) is 3. The summed E-state index contributed by atoms with van der Waals surface area (Å²) >= 11 is 0. The molecule has 1 aromatic carbocycles. The Hall–Kier alpha value is -2.46. The predicted molar refractivity (Wildman–Crippen MR) is 107 cm³/mol. The van der Waals surface area contributed by atoms with Crippen LogP contribution in [0.3, 0.4) is 0 Å². The number of rotatable bonds is 7. The van der Waals surface area contributed by atoms with Crippen molar-refractivity contribution in [3.05, 3.63) is 29.8 Å². The molecule has 1 heterocycles. The van der Waals surface area contributed by atoms with E-state index in [1.54, 1.807) is 6.92 Å². The Morgan fingerprint density at radius 3 is 2.45 bits per heavy atom. The minimum Gasteiger partial charge on any atom is -0.333 e. The summed E-state index contributed by atoms with van der Waals surface area (Å²) in [6, 6.07) is 5.19. The van der Waals surface area contributed by atoms with Gasteiger partial charge in [-0.2, -0.15) is 0 Å². The monoisotopic (exact) mass is 424 g/mol. The van der Waals surface area contributed by atoms with Crippen LogP contribution in [-0.2, 0) is 19.6 Å². The van der Waals surface area contributed by atoms with Gasteiger partial charge in [-0.05, 0) is 50.5 Å². The molecule has 3 amide bonds. The average Bonchev–Trinajstić information content (AvgIpc) is 2.90. The number of hydrazine groups is 1. The fourth-order valence-electron chi connectivity index (χ4n) is 2.82. The first kappa shape index (κ1) is 22.8. The van der Waals surface area contributed by atoms with E-state index in [4.69, 9.17) is 0 Å². The smallest absolute Gasteiger partial charge is 0.269 e. The molecule has 0 radical (unpaired) electrons. The summed E-state index contributed by atoms with van der Waals surface area (Å²) in [5.41, 5.74) is 4.75. The summed E-state index contributed by atoms with van der Waals surface area (Å²) in [7, 11) is -3.65. The zero-order valence-corrected chi connectivity index (χ0v) is 17.5. The van der Waals surface area contributed by atoms with Gasteiger partial charge in [0.25, 0.3) is 11.8 Å². The van der Waals surface area contributed by atoms with E-state index in [2.05, 4.69) is 15.6 Å². The van der Waals surface area contributed by atoms with Crippen LogP contribution >= 0.6 is 0 Å². The van der Waals surface area contributed by atoms with Crippen LogP contribution in [0.2, 0.25) is 0 Å². The van der Waals surface area contributed by atoms with Crippen LogP contribution in [0.4, 0.5) is 0 Å². The van der Waals surface area contributed by atoms with Crippen LogP contribution in [0, 0.1) is 0 Å². The molecule has 0 spiro atoms. The van der Waals surface area contributed by atoms with Crippen molar-refractivity contribution in [1.29, 1.82) is 0 Å². The number of hydrogen-bond acceptors (Lipinski definition) is 5. The normalized spacial score (nSPS) is 16.1. The Bertz CT molecular complexity index is 839. The third-order valence-electron chi connectivity index (χ3n) is 4.72. The number of sulfonamides is 1. The fourth-order valence-corrected chi connectivity index (χ4v) is 4.15. The second kappa shape index (κ2) is 10.4. The molecule has 1 aliphatic rings. The summed E-state index contributed by atoms with van der Waals surface area (Å²) in [5, 5.41) is 0. The molecule has 0 saturated carbocycles. The van der Waals surface area contributed by atoms with E-state index in [1.807, 2.05) is 6.92 Å². The predicted octanol–water partition coefficient (Wildman–Crippen LogP) is 0.927. The summed E-state index contributed by atoms with van der Waals surface area (Å²) in [5.74, 6) is -1.14. The Kier molecular flexibility index (Phi) is 8.15. The van der Waals surface area contributed by atoms with Gasteiger partial charge in [0.15, 0.2) is 0 Å². The Morgan fingerprint density at radius 1 is 1.10 bits per heavy atom. The highest BCUT2D eigenvalue weighted by atomic mass is 32.2. The number of amides is 3. The highest BCUT2D eigenvalue weighted by Gasteiger charge is 2.20. The van der Waals surface area contributed by atoms with E-state index in [0.717, 1.165) is 19.3 Å². The molecular formula is C19H28N4O5S. The lowest BCUT2D eigenvalue weighted by atomic mass is 10.2. The molecule has 1 aliphatic heterocycles. The van der Waals surface area contributed by atoms with Crippen LogP contribution in [-0.4, -0.2) is 50.2 Å². The molecule has 1 aromatic rings. The van der Waals surface area contributed by atoms with Gasteiger partial charge in [-0.25, -0.2) is 13.1 Å². The van der Waals surface area contributed by atoms with E-state index in [1.165, 1.54) is 29.2 Å². The number of carbonyl (C=O) groups is 3. The van der Waals surface area contributed by atoms with Gasteiger partial charge >= 0.3 is 0 Å². The highest BCUT2D eigenvalue weighted by molar-refractivity contribution is 7.89. The Morgan fingerprint density at radius 2 is 1.79 bits per heavy atom. The van der Waals surface area contributed by atoms with E-state index in [-0.39, 0.29) is 29.0 Å². The Balaban J connectivity index is 1.89. The van der Waals surface area contributed by atoms with Gasteiger partial charge in [-0.3, -0.25) is 25.2 Å². The zero-order chi connectivity index (χ0) is 21.4. The van der Waals surface area contributed by atoms with Gasteiger partial charge in [0.2, 0.25) is 15.9 Å². The fraction of sp³-hybridized carbons (Fsp3) is 0.526. The van der Waals surface area contributed by atoms with E-state index in [0.29, 0.717) is 19.4 Å². The summed E-state index contributed by atoms with van der Waals surface area (Å²) in [4.78, 5) is 37.6. The zero-order valence-electron chi connectivity index (χ0n) is 16.7. The van der Waals surface area contributed by atoms with Gasteiger partial charge in [-0.1, -0.05) is 13.3 Å². The summed E-state index contributed by atoms with van der Waals surface area (Å²) in [6.07, 6.45) is 3.72. The summed E-state index contributed by atoms with van der Waals surface area (Å²) < 4.78 is 27.0. The minimum absolute atomic E-state index is 0.0538. The molecule has 1 atom stereocenters. The standard InChI is InChI=1S/C19H28N4O5S/c1-3-14(2)22-29(27,28)16-10-8-15(9-11-16)19(26)21-20-17(24)13-23-12-6-4-5-7-18(23)25/h8-11,14,22H,3-7,12-13H2,1-2H3,(H,20,24)(H,21,26). The molecule has 1 unspecified atom stereocenters. The number of nitrogens with one attached hydrogen (secondary N) is 3. The molecule has 10 heteroatoms. The van der Waals surface area contributed by atoms with Crippen molar-refractivity contribution in [2.24, 2.45) is 0 Å². The minimum atomic E-state index is -3.65. The molecular weight excluding hydrogens is 396 g/mol. The third kappa shape index (κ3) is 6.82. The maximum atomic E-state index is 12.2. The van der Waals surface area contributed by atoms with Gasteiger partial charge in [-0.15, -0.1) is 0 Å². The molecule has 160 valence electrons. The molecule has 1 saturated heterocycles. The summed E-state index contributed by atoms with van der Waals surface area (Å²) in [6.45, 7) is 4.05. The SMILES string of the molecule is CCC(C)NS(=O)(=O)c1ccc(C(=O)NNC(=O)CN2CCCCCC2=O)cc1. The molecule has 0 aliphatic carbocycles. The van der Waals surface area contributed by atoms with Crippen LogP contribution in [0.5, 0.6) is 0 Å². The van der Waals surface area contributed by atoms with Crippen molar-refractivity contribution in [3.8, 4) is 0 Å². The molecule has 9 nitrogen and oxygen atoms in total. The topological polar surface area (TPSA) is 125 Å². The lowest BCUT2D eigenvalue weighted by molar-refractivity contribution is -0.135. The molecule has 1 fully saturated rings. The molecule has 2 rings (SSSR count). The van der Waals surface area contributed by atoms with Crippen molar-refractivity contribution in [2.45, 2.75) is 56.9 Å². The van der Waals surface area contributed by atoms with Crippen molar-refractivity contribution < 1.29 is 22.8 Å². The number of carbonyl (C=O) groups excluding carboxylic acids is 3. The second-order valence-corrected chi connectivity index (χ2v) is 8.80. The first-order chi connectivity index (χ1) is 13.7. The van der Waals surface area contributed by atoms with E-state index < -0.39 is 21.8 Å². The molecule has 29 heavy (non-hydrogen) atoms. The maximum Gasteiger partial charge on any atom is 0.269 e. The highest BCUT2D eigenvalue weighted by Crippen LogP contribution is 2.12. The van der Waals surface area contributed by atoms with Gasteiger partial charge in [0.05, 0.1) is 4.90 Å². The van der Waals surface area contributed by atoms with Gasteiger partial charge < -0.3 is 4.90 Å². The average molecular weight is 425 g/mol. The lowest BCUT2D eigenvalue weighted by Crippen LogP contribution is -2.47. The second-order valence-electron chi connectivity index (χ2n) is 7.08. The molecule has 3 N–H and O–H groups in total. The van der Waals surface area contributed by atoms with Crippen molar-refractivity contribution in [2.75, 3.05) is 13.1 Å². The third-order valence-corrected chi connectivity index (χ3v) is 6.32. The molecule has 0 bridgehead atoms. The van der Waals surface area contributed by atoms with Crippen LogP contribution in [0.15, 0.2) is 29.2 Å². The van der Waals surface area contributed by atoms with Crippen LogP contribution in [0.25, 0.3) is 0 Å². The lowest BCUT2D eigenvalue weighted by Gasteiger charge is -2.19.